The summed E-state index contributed by atoms with van der Waals surface area (Å²) in [5.41, 5.74) is 6.21. The van der Waals surface area contributed by atoms with E-state index in [0.29, 0.717) is 12.0 Å². The summed E-state index contributed by atoms with van der Waals surface area (Å²) in [7, 11) is 0. The number of carboxylic acid groups (broad SMARTS) is 2. The van der Waals surface area contributed by atoms with Crippen molar-refractivity contribution in [2.45, 2.75) is 40.0 Å². The van der Waals surface area contributed by atoms with Crippen LogP contribution < -0.4 is 0 Å². The Hall–Kier alpha value is -3.99. The van der Waals surface area contributed by atoms with Crippen molar-refractivity contribution in [3.63, 3.8) is 0 Å². The predicted octanol–water partition coefficient (Wildman–Crippen LogP) is 6.77. The second-order valence-corrected chi connectivity index (χ2v) is 8.22. The molecule has 0 spiro atoms. The molecule has 0 aliphatic carbocycles. The van der Waals surface area contributed by atoms with Crippen molar-refractivity contribution in [3.05, 3.63) is 93.5 Å². The van der Waals surface area contributed by atoms with Gasteiger partial charge in [0, 0.05) is 12.0 Å². The molecule has 5 nitrogen and oxygen atoms in total. The van der Waals surface area contributed by atoms with Gasteiger partial charge in [-0.3, -0.25) is 4.79 Å². The second kappa shape index (κ2) is 10.8. The zero-order chi connectivity index (χ0) is 24.8. The van der Waals surface area contributed by atoms with E-state index in [9.17, 15) is 24.6 Å². The van der Waals surface area contributed by atoms with Gasteiger partial charge in [0.2, 0.25) is 0 Å². The average Bonchev–Trinajstić information content (AvgIpc) is 2.83. The smallest absolute Gasteiger partial charge is 0.336 e. The number of hydrogen-bond donors (Lipinski definition) is 2. The molecule has 2 N–H and O–H groups in total. The highest BCUT2D eigenvalue weighted by atomic mass is 16.4. The molecule has 0 amide bonds. The Morgan fingerprint density at radius 3 is 2.03 bits per heavy atom. The molecule has 3 aromatic rings. The third-order valence-electron chi connectivity index (χ3n) is 5.79. The number of carboxylic acids is 2. The van der Waals surface area contributed by atoms with Crippen LogP contribution in [0.2, 0.25) is 0 Å². The Morgan fingerprint density at radius 1 is 0.765 bits per heavy atom. The van der Waals surface area contributed by atoms with Gasteiger partial charge in [-0.1, -0.05) is 62.8 Å². The lowest BCUT2D eigenvalue weighted by molar-refractivity contribution is 0.0651. The zero-order valence-electron chi connectivity index (χ0n) is 19.6. The topological polar surface area (TPSA) is 91.7 Å². The number of aryl methyl sites for hydroxylation is 2. The highest BCUT2D eigenvalue weighted by Crippen LogP contribution is 2.30. The molecule has 34 heavy (non-hydrogen) atoms. The van der Waals surface area contributed by atoms with Crippen LogP contribution in [0.5, 0.6) is 0 Å². The van der Waals surface area contributed by atoms with E-state index in [1.54, 1.807) is 12.1 Å². The van der Waals surface area contributed by atoms with E-state index in [4.69, 9.17) is 0 Å². The quantitative estimate of drug-likeness (QED) is 0.274. The minimum absolute atomic E-state index is 0.131. The third-order valence-corrected chi connectivity index (χ3v) is 5.79. The fraction of sp³-hybridized carbons (Fsp3) is 0.207. The monoisotopic (exact) mass is 456 g/mol. The molecule has 0 heterocycles. The molecule has 0 bridgehead atoms. The summed E-state index contributed by atoms with van der Waals surface area (Å²) >= 11 is 0. The van der Waals surface area contributed by atoms with Gasteiger partial charge in [-0.05, 0) is 71.0 Å². The molecule has 0 radical (unpaired) electrons. The van der Waals surface area contributed by atoms with E-state index in [1.165, 1.54) is 12.1 Å². The van der Waals surface area contributed by atoms with Crippen molar-refractivity contribution in [1.29, 1.82) is 0 Å². The van der Waals surface area contributed by atoms with E-state index in [-0.39, 0.29) is 16.9 Å². The van der Waals surface area contributed by atoms with E-state index in [1.807, 2.05) is 50.3 Å². The molecule has 0 unspecified atom stereocenters. The molecule has 0 atom stereocenters. The summed E-state index contributed by atoms with van der Waals surface area (Å²) in [6.07, 6.45) is 5.95. The Labute approximate surface area is 199 Å². The number of Topliss-reactive ketones (excluding diaryl/α,β-unsaturated/α-hetero) is 1. The van der Waals surface area contributed by atoms with Gasteiger partial charge in [-0.25, -0.2) is 9.59 Å². The van der Waals surface area contributed by atoms with Crippen LogP contribution in [0, 0.1) is 6.92 Å². The van der Waals surface area contributed by atoms with Gasteiger partial charge >= 0.3 is 11.9 Å². The van der Waals surface area contributed by atoms with Crippen LogP contribution in [0.15, 0.2) is 54.6 Å². The van der Waals surface area contributed by atoms with Crippen molar-refractivity contribution < 1.29 is 24.6 Å². The molecule has 0 saturated heterocycles. The fourth-order valence-electron chi connectivity index (χ4n) is 3.97. The van der Waals surface area contributed by atoms with Crippen LogP contribution in [-0.2, 0) is 6.42 Å². The first-order valence-electron chi connectivity index (χ1n) is 11.3. The van der Waals surface area contributed by atoms with Crippen molar-refractivity contribution in [2.24, 2.45) is 0 Å². The van der Waals surface area contributed by atoms with Crippen LogP contribution in [-0.4, -0.2) is 27.9 Å². The Balaban J connectivity index is 2.00. The molecule has 5 heteroatoms. The maximum absolute atomic E-state index is 12.2. The first-order valence-corrected chi connectivity index (χ1v) is 11.3. The molecule has 0 fully saturated rings. The first kappa shape index (κ1) is 24.6. The van der Waals surface area contributed by atoms with Gasteiger partial charge in [0.15, 0.2) is 5.78 Å². The van der Waals surface area contributed by atoms with Gasteiger partial charge in [-0.2, -0.15) is 0 Å². The van der Waals surface area contributed by atoms with E-state index in [2.05, 4.69) is 13.0 Å². The normalized spacial score (nSPS) is 11.0. The summed E-state index contributed by atoms with van der Waals surface area (Å²) in [5, 5.41) is 18.5. The molecule has 174 valence electrons. The van der Waals surface area contributed by atoms with Crippen LogP contribution in [0.3, 0.4) is 0 Å². The molecule has 0 aliphatic rings. The number of aromatic carboxylic acids is 2. The summed E-state index contributed by atoms with van der Waals surface area (Å²) < 4.78 is 0. The van der Waals surface area contributed by atoms with Gasteiger partial charge in [0.05, 0.1) is 11.1 Å². The van der Waals surface area contributed by atoms with Crippen LogP contribution >= 0.6 is 0 Å². The van der Waals surface area contributed by atoms with Gasteiger partial charge in [-0.15, -0.1) is 0 Å². The van der Waals surface area contributed by atoms with Crippen LogP contribution in [0.25, 0.3) is 23.3 Å². The zero-order valence-corrected chi connectivity index (χ0v) is 19.6. The number of benzene rings is 3. The molecule has 0 saturated carbocycles. The minimum atomic E-state index is -1.28. The molecule has 0 aliphatic heterocycles. The van der Waals surface area contributed by atoms with Crippen molar-refractivity contribution in [3.8, 4) is 11.1 Å². The summed E-state index contributed by atoms with van der Waals surface area (Å²) in [4.78, 5) is 34.9. The Bertz CT molecular complexity index is 1280. The van der Waals surface area contributed by atoms with Gasteiger partial charge < -0.3 is 10.2 Å². The largest absolute Gasteiger partial charge is 0.478 e. The number of ketones is 1. The highest BCUT2D eigenvalue weighted by molar-refractivity contribution is 6.02. The fourth-order valence-corrected chi connectivity index (χ4v) is 3.97. The highest BCUT2D eigenvalue weighted by Gasteiger charge is 2.16. The molecular weight excluding hydrogens is 428 g/mol. The molecule has 3 rings (SSSR count). The van der Waals surface area contributed by atoms with E-state index >= 15 is 0 Å². The number of carbonyl (C=O) groups is 3. The van der Waals surface area contributed by atoms with E-state index in [0.717, 1.165) is 46.2 Å². The standard InChI is InChI=1S/C29H28O5/c1-4-6-21-17-22(27(30)5-2)12-14-23(21)25-15-19(8-7-18(25)3)9-10-20-11-13-24(28(31)32)26(16-20)29(33)34/h7-17H,4-6H2,1-3H3,(H,31,32)(H,33,34). The SMILES string of the molecule is CCCc1cc(C(=O)CC)ccc1-c1cc(C=Cc2ccc(C(=O)O)c(C(=O)O)c2)ccc1C. The van der Waals surface area contributed by atoms with Crippen LogP contribution in [0.1, 0.15) is 80.0 Å². The van der Waals surface area contributed by atoms with E-state index < -0.39 is 11.9 Å². The number of carbonyl (C=O) groups excluding carboxylic acids is 1. The molecule has 0 aromatic heterocycles. The summed E-state index contributed by atoms with van der Waals surface area (Å²) in [6, 6.07) is 16.3. The Kier molecular flexibility index (Phi) is 7.79. The minimum Gasteiger partial charge on any atom is -0.478 e. The lowest BCUT2D eigenvalue weighted by Gasteiger charge is -2.14. The predicted molar refractivity (Wildman–Crippen MR) is 135 cm³/mol. The second-order valence-electron chi connectivity index (χ2n) is 8.22. The van der Waals surface area contributed by atoms with Gasteiger partial charge in [0.1, 0.15) is 0 Å². The summed E-state index contributed by atoms with van der Waals surface area (Å²) in [6.45, 7) is 6.03. The summed E-state index contributed by atoms with van der Waals surface area (Å²) in [5.74, 6) is -2.42. The molecular formula is C29H28O5. The average molecular weight is 457 g/mol. The number of hydrogen-bond acceptors (Lipinski definition) is 3. The maximum atomic E-state index is 12.2. The van der Waals surface area contributed by atoms with Crippen molar-refractivity contribution in [1.82, 2.24) is 0 Å². The maximum Gasteiger partial charge on any atom is 0.336 e. The first-order chi connectivity index (χ1) is 16.2. The third kappa shape index (κ3) is 5.49. The molecule has 3 aromatic carbocycles. The van der Waals surface area contributed by atoms with Crippen molar-refractivity contribution >= 4 is 29.9 Å². The lowest BCUT2D eigenvalue weighted by atomic mass is 9.90. The van der Waals surface area contributed by atoms with Crippen molar-refractivity contribution in [2.75, 3.05) is 0 Å². The lowest BCUT2D eigenvalue weighted by Crippen LogP contribution is -2.07. The van der Waals surface area contributed by atoms with Crippen LogP contribution in [0.4, 0.5) is 0 Å². The van der Waals surface area contributed by atoms with Gasteiger partial charge in [0.25, 0.3) is 0 Å². The number of rotatable bonds is 9. The Morgan fingerprint density at radius 2 is 1.41 bits per heavy atom.